The highest BCUT2D eigenvalue weighted by molar-refractivity contribution is 9.10. The Morgan fingerprint density at radius 3 is 2.15 bits per heavy atom. The Labute approximate surface area is 170 Å². The average Bonchev–Trinajstić information content (AvgIpc) is 2.64. The molecule has 0 aromatic heterocycles. The van der Waals surface area contributed by atoms with Gasteiger partial charge in [-0.05, 0) is 61.7 Å². The van der Waals surface area contributed by atoms with Gasteiger partial charge in [-0.1, -0.05) is 35.8 Å². The van der Waals surface area contributed by atoms with Gasteiger partial charge in [0.2, 0.25) is 10.0 Å². The third-order valence-electron chi connectivity index (χ3n) is 4.13. The number of carbonyl (C=O) groups excluding carboxylic acids is 1. The average molecular weight is 453 g/mol. The number of halogens is 1. The smallest absolute Gasteiger partial charge is 0.255 e. The largest absolute Gasteiger partial charge is 0.322 e. The molecule has 0 radical (unpaired) electrons. The normalized spacial score (nSPS) is 11.6. The Balaban J connectivity index is 2.16. The zero-order valence-electron chi connectivity index (χ0n) is 15.8. The third kappa shape index (κ3) is 5.40. The van der Waals surface area contributed by atoms with E-state index in [0.29, 0.717) is 24.3 Å². The number of carbonyl (C=O) groups is 1. The van der Waals surface area contributed by atoms with Crippen molar-refractivity contribution in [1.29, 1.82) is 0 Å². The summed E-state index contributed by atoms with van der Waals surface area (Å²) in [6.07, 6.45) is 1.53. The summed E-state index contributed by atoms with van der Waals surface area (Å²) in [4.78, 5) is 12.6. The molecule has 5 nitrogen and oxygen atoms in total. The minimum atomic E-state index is -3.52. The first-order valence-electron chi connectivity index (χ1n) is 8.97. The monoisotopic (exact) mass is 452 g/mol. The van der Waals surface area contributed by atoms with E-state index in [-0.39, 0.29) is 10.8 Å². The highest BCUT2D eigenvalue weighted by Crippen LogP contribution is 2.21. The van der Waals surface area contributed by atoms with Crippen LogP contribution in [0.2, 0.25) is 0 Å². The van der Waals surface area contributed by atoms with E-state index in [2.05, 4.69) is 21.2 Å². The highest BCUT2D eigenvalue weighted by Gasteiger charge is 2.22. The Kier molecular flexibility index (Phi) is 7.59. The van der Waals surface area contributed by atoms with Crippen molar-refractivity contribution >= 4 is 37.5 Å². The molecule has 2 aromatic rings. The van der Waals surface area contributed by atoms with Crippen molar-refractivity contribution in [2.45, 2.75) is 38.5 Å². The number of rotatable bonds is 8. The van der Waals surface area contributed by atoms with Crippen LogP contribution >= 0.6 is 15.9 Å². The number of hydrogen-bond donors (Lipinski definition) is 1. The molecule has 146 valence electrons. The second-order valence-electron chi connectivity index (χ2n) is 6.35. The molecule has 0 saturated carbocycles. The van der Waals surface area contributed by atoms with Crippen molar-refractivity contribution in [3.63, 3.8) is 0 Å². The summed E-state index contributed by atoms with van der Waals surface area (Å²) >= 11 is 3.42. The van der Waals surface area contributed by atoms with Crippen LogP contribution in [0.1, 0.15) is 42.6 Å². The summed E-state index contributed by atoms with van der Waals surface area (Å²) in [6, 6.07) is 11.7. The summed E-state index contributed by atoms with van der Waals surface area (Å²) in [6.45, 7) is 6.86. The molecular formula is C20H25BrN2O3S. The van der Waals surface area contributed by atoms with Crippen LogP contribution in [0.4, 0.5) is 5.69 Å². The summed E-state index contributed by atoms with van der Waals surface area (Å²) in [5.41, 5.74) is 2.12. The molecule has 0 atom stereocenters. The van der Waals surface area contributed by atoms with Gasteiger partial charge in [0.05, 0.1) is 4.90 Å². The van der Waals surface area contributed by atoms with Crippen molar-refractivity contribution in [3.05, 3.63) is 58.1 Å². The number of anilines is 1. The number of benzene rings is 2. The molecule has 27 heavy (non-hydrogen) atoms. The molecule has 1 amide bonds. The minimum absolute atomic E-state index is 0.237. The topological polar surface area (TPSA) is 66.5 Å². The van der Waals surface area contributed by atoms with Crippen molar-refractivity contribution in [1.82, 2.24) is 4.31 Å². The second kappa shape index (κ2) is 9.48. The van der Waals surface area contributed by atoms with E-state index in [1.807, 2.05) is 26.8 Å². The van der Waals surface area contributed by atoms with Gasteiger partial charge in [-0.3, -0.25) is 4.79 Å². The predicted octanol–water partition coefficient (Wildman–Crippen LogP) is 4.82. The first kappa shape index (κ1) is 21.6. The summed E-state index contributed by atoms with van der Waals surface area (Å²) in [5.74, 6) is -0.245. The Hall–Kier alpha value is -1.70. The number of hydrogen-bond acceptors (Lipinski definition) is 3. The standard InChI is InChI=1S/C20H25BrN2O3S/c1-4-12-23(13-5-2)27(25,26)18-10-8-17(9-11-18)22-20(24)16-7-6-15(3)19(21)14-16/h6-11,14H,4-5,12-13H2,1-3H3,(H,22,24). The SMILES string of the molecule is CCCN(CCC)S(=O)(=O)c1ccc(NC(=O)c2ccc(C)c(Br)c2)cc1. The maximum atomic E-state index is 12.8. The van der Waals surface area contributed by atoms with Gasteiger partial charge >= 0.3 is 0 Å². The third-order valence-corrected chi connectivity index (χ3v) is 6.90. The van der Waals surface area contributed by atoms with Crippen molar-refractivity contribution < 1.29 is 13.2 Å². The number of aryl methyl sites for hydroxylation is 1. The van der Waals surface area contributed by atoms with Crippen LogP contribution in [-0.2, 0) is 10.0 Å². The molecule has 0 aliphatic carbocycles. The summed E-state index contributed by atoms with van der Waals surface area (Å²) in [5, 5.41) is 2.79. The Morgan fingerprint density at radius 1 is 1.04 bits per heavy atom. The van der Waals surface area contributed by atoms with Gasteiger partial charge in [-0.15, -0.1) is 0 Å². The molecule has 0 saturated heterocycles. The number of nitrogens with zero attached hydrogens (tertiary/aromatic N) is 1. The zero-order chi connectivity index (χ0) is 20.0. The van der Waals surface area contributed by atoms with Crippen LogP contribution in [0.5, 0.6) is 0 Å². The lowest BCUT2D eigenvalue weighted by Crippen LogP contribution is -2.32. The zero-order valence-corrected chi connectivity index (χ0v) is 18.2. The van der Waals surface area contributed by atoms with Gasteiger partial charge in [0.25, 0.3) is 5.91 Å². The fourth-order valence-corrected chi connectivity index (χ4v) is 4.65. The lowest BCUT2D eigenvalue weighted by atomic mass is 10.1. The summed E-state index contributed by atoms with van der Waals surface area (Å²) in [7, 11) is -3.52. The molecule has 0 spiro atoms. The van der Waals surface area contributed by atoms with Crippen LogP contribution in [0, 0.1) is 6.92 Å². The van der Waals surface area contributed by atoms with Crippen molar-refractivity contribution in [2.24, 2.45) is 0 Å². The fourth-order valence-electron chi connectivity index (χ4n) is 2.65. The molecule has 0 aliphatic rings. The number of amides is 1. The molecule has 7 heteroatoms. The van der Waals surface area contributed by atoms with Crippen LogP contribution in [0.25, 0.3) is 0 Å². The fraction of sp³-hybridized carbons (Fsp3) is 0.350. The maximum absolute atomic E-state index is 12.8. The molecule has 2 rings (SSSR count). The van der Waals surface area contributed by atoms with E-state index in [1.54, 1.807) is 24.3 Å². The van der Waals surface area contributed by atoms with Crippen LogP contribution in [0.3, 0.4) is 0 Å². The first-order chi connectivity index (χ1) is 12.8. The van der Waals surface area contributed by atoms with E-state index in [9.17, 15) is 13.2 Å². The Bertz CT molecular complexity index is 890. The number of sulfonamides is 1. The van der Waals surface area contributed by atoms with E-state index in [4.69, 9.17) is 0 Å². The van der Waals surface area contributed by atoms with Gasteiger partial charge in [-0.2, -0.15) is 4.31 Å². The van der Waals surface area contributed by atoms with Gasteiger partial charge in [0.1, 0.15) is 0 Å². The van der Waals surface area contributed by atoms with Gasteiger partial charge < -0.3 is 5.32 Å². The van der Waals surface area contributed by atoms with Crippen LogP contribution in [-0.4, -0.2) is 31.7 Å². The van der Waals surface area contributed by atoms with E-state index in [1.165, 1.54) is 16.4 Å². The van der Waals surface area contributed by atoms with Crippen LogP contribution in [0.15, 0.2) is 51.8 Å². The molecule has 0 bridgehead atoms. The molecular weight excluding hydrogens is 428 g/mol. The van der Waals surface area contributed by atoms with E-state index in [0.717, 1.165) is 22.9 Å². The second-order valence-corrected chi connectivity index (χ2v) is 9.14. The van der Waals surface area contributed by atoms with Crippen LogP contribution < -0.4 is 5.32 Å². The predicted molar refractivity (Wildman–Crippen MR) is 113 cm³/mol. The number of nitrogens with one attached hydrogen (secondary N) is 1. The summed E-state index contributed by atoms with van der Waals surface area (Å²) < 4.78 is 27.9. The van der Waals surface area contributed by atoms with Crippen molar-refractivity contribution in [3.8, 4) is 0 Å². The lowest BCUT2D eigenvalue weighted by Gasteiger charge is -2.21. The lowest BCUT2D eigenvalue weighted by molar-refractivity contribution is 0.102. The van der Waals surface area contributed by atoms with Crippen molar-refractivity contribution in [2.75, 3.05) is 18.4 Å². The van der Waals surface area contributed by atoms with E-state index >= 15 is 0 Å². The molecule has 0 heterocycles. The highest BCUT2D eigenvalue weighted by atomic mass is 79.9. The van der Waals surface area contributed by atoms with E-state index < -0.39 is 10.0 Å². The molecule has 0 fully saturated rings. The molecule has 0 unspecified atom stereocenters. The quantitative estimate of drug-likeness (QED) is 0.623. The van der Waals surface area contributed by atoms with Gasteiger partial charge in [0, 0.05) is 28.8 Å². The molecule has 1 N–H and O–H groups in total. The minimum Gasteiger partial charge on any atom is -0.322 e. The first-order valence-corrected chi connectivity index (χ1v) is 11.2. The Morgan fingerprint density at radius 2 is 1.63 bits per heavy atom. The maximum Gasteiger partial charge on any atom is 0.255 e. The molecule has 0 aliphatic heterocycles. The van der Waals surface area contributed by atoms with Gasteiger partial charge in [-0.25, -0.2) is 8.42 Å². The molecule has 2 aromatic carbocycles. The van der Waals surface area contributed by atoms with Gasteiger partial charge in [0.15, 0.2) is 0 Å².